The van der Waals surface area contributed by atoms with E-state index in [4.69, 9.17) is 0 Å². The molecule has 1 aliphatic heterocycles. The zero-order valence-electron chi connectivity index (χ0n) is 9.66. The van der Waals surface area contributed by atoms with Crippen LogP contribution in [-0.4, -0.2) is 46.1 Å². The second kappa shape index (κ2) is 5.75. The van der Waals surface area contributed by atoms with E-state index in [-0.39, 0.29) is 0 Å². The van der Waals surface area contributed by atoms with Gasteiger partial charge in [-0.25, -0.2) is 0 Å². The maximum Gasteiger partial charge on any atom is 0.324 e. The molecule has 1 fully saturated rings. The van der Waals surface area contributed by atoms with Crippen molar-refractivity contribution in [1.82, 2.24) is 4.90 Å². The van der Waals surface area contributed by atoms with E-state index < -0.39 is 11.5 Å². The molecule has 1 atom stereocenters. The molecule has 1 unspecified atom stereocenters. The van der Waals surface area contributed by atoms with E-state index in [1.54, 1.807) is 11.8 Å². The van der Waals surface area contributed by atoms with Crippen molar-refractivity contribution in [1.29, 1.82) is 0 Å². The summed E-state index contributed by atoms with van der Waals surface area (Å²) in [5.41, 5.74) is -0.590. The number of nitrogens with zero attached hydrogens (tertiary/aromatic N) is 1. The Labute approximate surface area is 96.2 Å². The zero-order valence-corrected chi connectivity index (χ0v) is 10.5. The van der Waals surface area contributed by atoms with Crippen LogP contribution in [0.4, 0.5) is 0 Å². The molecule has 1 aliphatic rings. The Kier molecular flexibility index (Phi) is 4.93. The Balaban J connectivity index is 2.81. The lowest BCUT2D eigenvalue weighted by molar-refractivity contribution is -0.150. The molecule has 0 bridgehead atoms. The molecule has 1 heterocycles. The first kappa shape index (κ1) is 12.8. The van der Waals surface area contributed by atoms with Crippen LogP contribution < -0.4 is 0 Å². The van der Waals surface area contributed by atoms with Crippen LogP contribution in [0.5, 0.6) is 0 Å². The first-order chi connectivity index (χ1) is 7.17. The maximum absolute atomic E-state index is 11.5. The number of aliphatic carboxylic acids is 1. The van der Waals surface area contributed by atoms with Crippen molar-refractivity contribution >= 4 is 17.7 Å². The SMILES string of the molecule is CCCN(CC)C1(C(=O)O)CCCSC1. The quantitative estimate of drug-likeness (QED) is 0.786. The van der Waals surface area contributed by atoms with Crippen LogP contribution in [0, 0.1) is 0 Å². The third-order valence-electron chi connectivity index (χ3n) is 3.10. The van der Waals surface area contributed by atoms with Crippen LogP contribution in [0.15, 0.2) is 0 Å². The van der Waals surface area contributed by atoms with Gasteiger partial charge < -0.3 is 5.11 Å². The molecule has 0 radical (unpaired) electrons. The topological polar surface area (TPSA) is 40.5 Å². The molecule has 1 N–H and O–H groups in total. The van der Waals surface area contributed by atoms with Crippen molar-refractivity contribution in [2.75, 3.05) is 24.6 Å². The molecule has 88 valence electrons. The van der Waals surface area contributed by atoms with Gasteiger partial charge in [-0.3, -0.25) is 9.69 Å². The lowest BCUT2D eigenvalue weighted by Crippen LogP contribution is -2.58. The fourth-order valence-corrected chi connectivity index (χ4v) is 3.56. The minimum absolute atomic E-state index is 0.590. The fraction of sp³-hybridized carbons (Fsp3) is 0.909. The van der Waals surface area contributed by atoms with E-state index in [0.717, 1.165) is 43.9 Å². The minimum Gasteiger partial charge on any atom is -0.480 e. The standard InChI is InChI=1S/C11H21NO2S/c1-3-7-12(4-2)11(10(13)14)6-5-8-15-9-11/h3-9H2,1-2H3,(H,13,14). The van der Waals surface area contributed by atoms with Crippen molar-refractivity contribution in [3.8, 4) is 0 Å². The molecule has 0 spiro atoms. The average molecular weight is 231 g/mol. The van der Waals surface area contributed by atoms with Gasteiger partial charge in [0.05, 0.1) is 0 Å². The van der Waals surface area contributed by atoms with Gasteiger partial charge in [0.25, 0.3) is 0 Å². The summed E-state index contributed by atoms with van der Waals surface area (Å²) >= 11 is 1.78. The third-order valence-corrected chi connectivity index (χ3v) is 4.36. The van der Waals surface area contributed by atoms with Gasteiger partial charge >= 0.3 is 5.97 Å². The number of likely N-dealkylation sites (N-methyl/N-ethyl adjacent to an activating group) is 1. The normalized spacial score (nSPS) is 26.9. The van der Waals surface area contributed by atoms with Gasteiger partial charge in [-0.15, -0.1) is 0 Å². The molecule has 0 amide bonds. The molecule has 4 heteroatoms. The Bertz CT molecular complexity index is 215. The monoisotopic (exact) mass is 231 g/mol. The number of carboxylic acids is 1. The van der Waals surface area contributed by atoms with Gasteiger partial charge in [-0.05, 0) is 38.1 Å². The largest absolute Gasteiger partial charge is 0.480 e. The highest BCUT2D eigenvalue weighted by Crippen LogP contribution is 2.32. The maximum atomic E-state index is 11.5. The number of hydrogen-bond donors (Lipinski definition) is 1. The van der Waals surface area contributed by atoms with Crippen molar-refractivity contribution in [2.24, 2.45) is 0 Å². The van der Waals surface area contributed by atoms with Crippen LogP contribution in [0.3, 0.4) is 0 Å². The molecule has 0 aliphatic carbocycles. The van der Waals surface area contributed by atoms with Gasteiger partial charge in [0.1, 0.15) is 5.54 Å². The summed E-state index contributed by atoms with van der Waals surface area (Å²) in [5.74, 6) is 1.22. The second-order valence-electron chi connectivity index (χ2n) is 4.07. The molecular weight excluding hydrogens is 210 g/mol. The zero-order chi connectivity index (χ0) is 11.3. The van der Waals surface area contributed by atoms with E-state index in [2.05, 4.69) is 18.7 Å². The summed E-state index contributed by atoms with van der Waals surface area (Å²) in [5, 5.41) is 9.46. The summed E-state index contributed by atoms with van der Waals surface area (Å²) < 4.78 is 0. The number of carbonyl (C=O) groups is 1. The lowest BCUT2D eigenvalue weighted by atomic mass is 9.93. The average Bonchev–Trinajstić information content (AvgIpc) is 2.26. The summed E-state index contributed by atoms with van der Waals surface area (Å²) in [6.45, 7) is 5.89. The molecule has 1 rings (SSSR count). The van der Waals surface area contributed by atoms with Crippen molar-refractivity contribution in [2.45, 2.75) is 38.6 Å². The first-order valence-corrected chi connectivity index (χ1v) is 6.89. The smallest absolute Gasteiger partial charge is 0.324 e. The summed E-state index contributed by atoms with van der Waals surface area (Å²) in [6, 6.07) is 0. The Morgan fingerprint density at radius 2 is 2.27 bits per heavy atom. The van der Waals surface area contributed by atoms with Crippen molar-refractivity contribution in [3.63, 3.8) is 0 Å². The van der Waals surface area contributed by atoms with Crippen LogP contribution in [0.25, 0.3) is 0 Å². The van der Waals surface area contributed by atoms with Crippen LogP contribution >= 0.6 is 11.8 Å². The van der Waals surface area contributed by atoms with Gasteiger partial charge in [0.2, 0.25) is 0 Å². The van der Waals surface area contributed by atoms with Crippen LogP contribution in [0.2, 0.25) is 0 Å². The second-order valence-corrected chi connectivity index (χ2v) is 5.18. The summed E-state index contributed by atoms with van der Waals surface area (Å²) in [4.78, 5) is 13.6. The minimum atomic E-state index is -0.634. The van der Waals surface area contributed by atoms with Gasteiger partial charge in [-0.1, -0.05) is 13.8 Å². The number of carboxylic acid groups (broad SMARTS) is 1. The van der Waals surface area contributed by atoms with Crippen molar-refractivity contribution < 1.29 is 9.90 Å². The first-order valence-electron chi connectivity index (χ1n) is 5.73. The van der Waals surface area contributed by atoms with Crippen LogP contribution in [-0.2, 0) is 4.79 Å². The summed E-state index contributed by atoms with van der Waals surface area (Å²) in [6.07, 6.45) is 2.86. The number of thioether (sulfide) groups is 1. The third kappa shape index (κ3) is 2.67. The highest BCUT2D eigenvalue weighted by Gasteiger charge is 2.44. The fourth-order valence-electron chi connectivity index (χ4n) is 2.28. The van der Waals surface area contributed by atoms with Crippen molar-refractivity contribution in [3.05, 3.63) is 0 Å². The van der Waals surface area contributed by atoms with Gasteiger partial charge in [0, 0.05) is 5.75 Å². The van der Waals surface area contributed by atoms with Crippen LogP contribution in [0.1, 0.15) is 33.1 Å². The summed E-state index contributed by atoms with van der Waals surface area (Å²) in [7, 11) is 0. The molecular formula is C11H21NO2S. The van der Waals surface area contributed by atoms with E-state index in [1.165, 1.54) is 0 Å². The highest BCUT2D eigenvalue weighted by atomic mass is 32.2. The predicted molar refractivity (Wildman–Crippen MR) is 64.5 cm³/mol. The molecule has 0 aromatic rings. The molecule has 3 nitrogen and oxygen atoms in total. The van der Waals surface area contributed by atoms with Gasteiger partial charge in [-0.2, -0.15) is 11.8 Å². The highest BCUT2D eigenvalue weighted by molar-refractivity contribution is 7.99. The number of hydrogen-bond acceptors (Lipinski definition) is 3. The Morgan fingerprint density at radius 1 is 1.53 bits per heavy atom. The number of rotatable bonds is 5. The molecule has 0 saturated carbocycles. The van der Waals surface area contributed by atoms with E-state index in [9.17, 15) is 9.90 Å². The Morgan fingerprint density at radius 3 is 2.67 bits per heavy atom. The Hall–Kier alpha value is -0.220. The molecule has 0 aromatic heterocycles. The molecule has 0 aromatic carbocycles. The predicted octanol–water partition coefficient (Wildman–Crippen LogP) is 2.07. The lowest BCUT2D eigenvalue weighted by Gasteiger charge is -2.42. The molecule has 1 saturated heterocycles. The van der Waals surface area contributed by atoms with E-state index >= 15 is 0 Å². The van der Waals surface area contributed by atoms with Gasteiger partial charge in [0.15, 0.2) is 0 Å². The van der Waals surface area contributed by atoms with E-state index in [0.29, 0.717) is 0 Å². The van der Waals surface area contributed by atoms with E-state index in [1.807, 2.05) is 0 Å². The molecule has 15 heavy (non-hydrogen) atoms.